The van der Waals surface area contributed by atoms with Gasteiger partial charge in [0.25, 0.3) is 5.91 Å². The lowest BCUT2D eigenvalue weighted by Gasteiger charge is -2.09. The van der Waals surface area contributed by atoms with Gasteiger partial charge in [0, 0.05) is 13.6 Å². The molecule has 1 aromatic rings. The van der Waals surface area contributed by atoms with Crippen LogP contribution in [0.5, 0.6) is 0 Å². The minimum atomic E-state index is -0.546. The third-order valence-electron chi connectivity index (χ3n) is 2.40. The minimum absolute atomic E-state index is 0.0764. The van der Waals surface area contributed by atoms with Crippen molar-refractivity contribution in [2.24, 2.45) is 5.92 Å². The van der Waals surface area contributed by atoms with Gasteiger partial charge in [0.2, 0.25) is 0 Å². The summed E-state index contributed by atoms with van der Waals surface area (Å²) in [6, 6.07) is 4.63. The van der Waals surface area contributed by atoms with Gasteiger partial charge in [-0.1, -0.05) is 19.9 Å². The van der Waals surface area contributed by atoms with Crippen LogP contribution >= 0.6 is 0 Å². The number of carbonyl (C=O) groups excluding carboxylic acids is 1. The Morgan fingerprint density at radius 3 is 2.61 bits per heavy atom. The maximum Gasteiger partial charge on any atom is 0.305 e. The van der Waals surface area contributed by atoms with Gasteiger partial charge in [-0.25, -0.2) is 0 Å². The van der Waals surface area contributed by atoms with Crippen LogP contribution in [0.1, 0.15) is 24.2 Å². The molecule has 1 rings (SSSR count). The van der Waals surface area contributed by atoms with E-state index >= 15 is 0 Å². The Bertz CT molecular complexity index is 458. The van der Waals surface area contributed by atoms with Crippen LogP contribution in [-0.2, 0) is 0 Å². The summed E-state index contributed by atoms with van der Waals surface area (Å²) in [5.41, 5.74) is 0.214. The van der Waals surface area contributed by atoms with Gasteiger partial charge in [0.05, 0.1) is 4.92 Å². The highest BCUT2D eigenvalue weighted by molar-refractivity contribution is 6.00. The van der Waals surface area contributed by atoms with Crippen LogP contribution < -0.4 is 10.6 Å². The monoisotopic (exact) mass is 251 g/mol. The van der Waals surface area contributed by atoms with Crippen LogP contribution in [-0.4, -0.2) is 24.4 Å². The lowest BCUT2D eigenvalue weighted by Crippen LogP contribution is -2.28. The van der Waals surface area contributed by atoms with Crippen LogP contribution in [0.2, 0.25) is 0 Å². The number of rotatable bonds is 5. The van der Waals surface area contributed by atoms with Gasteiger partial charge in [0.15, 0.2) is 0 Å². The van der Waals surface area contributed by atoms with E-state index in [9.17, 15) is 14.9 Å². The minimum Gasteiger partial charge on any atom is -0.383 e. The predicted molar refractivity (Wildman–Crippen MR) is 69.8 cm³/mol. The Hall–Kier alpha value is -2.11. The zero-order chi connectivity index (χ0) is 13.7. The molecule has 0 atom stereocenters. The summed E-state index contributed by atoms with van der Waals surface area (Å²) in [7, 11) is 1.58. The fourth-order valence-electron chi connectivity index (χ4n) is 1.52. The van der Waals surface area contributed by atoms with Crippen molar-refractivity contribution in [3.05, 3.63) is 33.9 Å². The zero-order valence-corrected chi connectivity index (χ0v) is 10.7. The average molecular weight is 251 g/mol. The first kappa shape index (κ1) is 14.0. The molecule has 0 heterocycles. The van der Waals surface area contributed by atoms with Gasteiger partial charge in [-0.2, -0.15) is 0 Å². The standard InChI is InChI=1S/C12H17N3O3/c1-8(2)7-14-12(16)9-5-4-6-10(13-3)11(9)15(17)18/h4-6,8,13H,7H2,1-3H3,(H,14,16). The maximum atomic E-state index is 11.9. The molecular weight excluding hydrogens is 234 g/mol. The maximum absolute atomic E-state index is 11.9. The molecule has 6 nitrogen and oxygen atoms in total. The van der Waals surface area contributed by atoms with E-state index in [1.165, 1.54) is 6.07 Å². The number of nitrogens with one attached hydrogen (secondary N) is 2. The second-order valence-electron chi connectivity index (χ2n) is 4.31. The summed E-state index contributed by atoms with van der Waals surface area (Å²) >= 11 is 0. The van der Waals surface area contributed by atoms with Gasteiger partial charge in [-0.05, 0) is 18.1 Å². The summed E-state index contributed by atoms with van der Waals surface area (Å²) in [5.74, 6) is -0.131. The molecule has 1 amide bonds. The second kappa shape index (κ2) is 6.00. The van der Waals surface area contributed by atoms with E-state index in [-0.39, 0.29) is 11.3 Å². The van der Waals surface area contributed by atoms with Crippen molar-refractivity contribution in [1.82, 2.24) is 5.32 Å². The van der Waals surface area contributed by atoms with E-state index < -0.39 is 10.8 Å². The van der Waals surface area contributed by atoms with Gasteiger partial charge in [0.1, 0.15) is 11.3 Å². The third-order valence-corrected chi connectivity index (χ3v) is 2.40. The highest BCUT2D eigenvalue weighted by atomic mass is 16.6. The van der Waals surface area contributed by atoms with Crippen LogP contribution in [0.4, 0.5) is 11.4 Å². The van der Waals surface area contributed by atoms with Crippen LogP contribution in [0.3, 0.4) is 0 Å². The molecule has 0 aliphatic heterocycles. The van der Waals surface area contributed by atoms with E-state index in [1.54, 1.807) is 19.2 Å². The van der Waals surface area contributed by atoms with Crippen molar-refractivity contribution >= 4 is 17.3 Å². The first-order chi connectivity index (χ1) is 8.47. The summed E-state index contributed by atoms with van der Waals surface area (Å²) in [5, 5.41) is 16.4. The Morgan fingerprint density at radius 1 is 1.44 bits per heavy atom. The normalized spacial score (nSPS) is 10.2. The number of hydrogen-bond donors (Lipinski definition) is 2. The summed E-state index contributed by atoms with van der Waals surface area (Å²) in [4.78, 5) is 22.4. The average Bonchev–Trinajstić information content (AvgIpc) is 2.34. The van der Waals surface area contributed by atoms with E-state index in [0.29, 0.717) is 18.2 Å². The molecule has 0 fully saturated rings. The third kappa shape index (κ3) is 3.19. The highest BCUT2D eigenvalue weighted by Crippen LogP contribution is 2.28. The van der Waals surface area contributed by atoms with Crippen LogP contribution in [0.15, 0.2) is 18.2 Å². The molecular formula is C12H17N3O3. The number of para-hydroxylation sites is 1. The number of hydrogen-bond acceptors (Lipinski definition) is 4. The van der Waals surface area contributed by atoms with Crippen molar-refractivity contribution in [3.8, 4) is 0 Å². The van der Waals surface area contributed by atoms with Gasteiger partial charge in [-0.3, -0.25) is 14.9 Å². The van der Waals surface area contributed by atoms with Crippen molar-refractivity contribution in [3.63, 3.8) is 0 Å². The lowest BCUT2D eigenvalue weighted by atomic mass is 10.1. The van der Waals surface area contributed by atoms with E-state index in [1.807, 2.05) is 13.8 Å². The quantitative estimate of drug-likeness (QED) is 0.619. The Kier molecular flexibility index (Phi) is 4.65. The van der Waals surface area contributed by atoms with Crippen molar-refractivity contribution in [2.75, 3.05) is 18.9 Å². The lowest BCUT2D eigenvalue weighted by molar-refractivity contribution is -0.384. The second-order valence-corrected chi connectivity index (χ2v) is 4.31. The van der Waals surface area contributed by atoms with E-state index in [4.69, 9.17) is 0 Å². The molecule has 0 aromatic heterocycles. The highest BCUT2D eigenvalue weighted by Gasteiger charge is 2.23. The van der Waals surface area contributed by atoms with Crippen molar-refractivity contribution in [1.29, 1.82) is 0 Å². The SMILES string of the molecule is CNc1cccc(C(=O)NCC(C)C)c1[N+](=O)[O-]. The van der Waals surface area contributed by atoms with Crippen molar-refractivity contribution in [2.45, 2.75) is 13.8 Å². The molecule has 18 heavy (non-hydrogen) atoms. The largest absolute Gasteiger partial charge is 0.383 e. The molecule has 1 aromatic carbocycles. The van der Waals surface area contributed by atoms with E-state index in [0.717, 1.165) is 0 Å². The molecule has 0 spiro atoms. The number of nitro groups is 1. The molecule has 6 heteroatoms. The van der Waals surface area contributed by atoms with Gasteiger partial charge >= 0.3 is 5.69 Å². The Balaban J connectivity index is 3.08. The number of benzene rings is 1. The van der Waals surface area contributed by atoms with E-state index in [2.05, 4.69) is 10.6 Å². The molecule has 0 saturated carbocycles. The molecule has 0 saturated heterocycles. The fraction of sp³-hybridized carbons (Fsp3) is 0.417. The first-order valence-corrected chi connectivity index (χ1v) is 5.70. The summed E-state index contributed by atoms with van der Waals surface area (Å²) in [6.45, 7) is 4.40. The molecule has 2 N–H and O–H groups in total. The smallest absolute Gasteiger partial charge is 0.305 e. The molecule has 0 aliphatic carbocycles. The van der Waals surface area contributed by atoms with Gasteiger partial charge < -0.3 is 10.6 Å². The Morgan fingerprint density at radius 2 is 2.11 bits per heavy atom. The molecule has 0 aliphatic rings. The predicted octanol–water partition coefficient (Wildman–Crippen LogP) is 2.02. The molecule has 0 bridgehead atoms. The van der Waals surface area contributed by atoms with Crippen LogP contribution in [0, 0.1) is 16.0 Å². The number of carbonyl (C=O) groups is 1. The molecule has 0 radical (unpaired) electrons. The van der Waals surface area contributed by atoms with Gasteiger partial charge in [-0.15, -0.1) is 0 Å². The first-order valence-electron chi connectivity index (χ1n) is 5.70. The number of nitro benzene ring substituents is 1. The van der Waals surface area contributed by atoms with Crippen LogP contribution in [0.25, 0.3) is 0 Å². The topological polar surface area (TPSA) is 84.3 Å². The number of amides is 1. The summed E-state index contributed by atoms with van der Waals surface area (Å²) < 4.78 is 0. The summed E-state index contributed by atoms with van der Waals surface area (Å²) in [6.07, 6.45) is 0. The van der Waals surface area contributed by atoms with Crippen molar-refractivity contribution < 1.29 is 9.72 Å². The zero-order valence-electron chi connectivity index (χ0n) is 10.7. The number of anilines is 1. The number of nitrogens with zero attached hydrogens (tertiary/aromatic N) is 1. The molecule has 0 unspecified atom stereocenters. The molecule has 98 valence electrons. The fourth-order valence-corrected chi connectivity index (χ4v) is 1.52. The Labute approximate surface area is 106 Å².